The molecule has 4 atom stereocenters. The number of ether oxygens (including phenoxy) is 1. The molecule has 0 aromatic heterocycles. The van der Waals surface area contributed by atoms with Crippen molar-refractivity contribution in [3.05, 3.63) is 0 Å². The molecule has 1 saturated carbocycles. The number of aliphatic hydroxyl groups excluding tert-OH is 1. The van der Waals surface area contributed by atoms with E-state index in [4.69, 9.17) is 4.74 Å². The second-order valence-corrected chi connectivity index (χ2v) is 7.22. The number of thioether (sulfide) groups is 1. The van der Waals surface area contributed by atoms with Crippen LogP contribution in [0.4, 0.5) is 0 Å². The summed E-state index contributed by atoms with van der Waals surface area (Å²) in [6.07, 6.45) is 6.92. The average Bonchev–Trinajstić information content (AvgIpc) is 2.80. The minimum absolute atomic E-state index is 0.236. The van der Waals surface area contributed by atoms with E-state index in [0.717, 1.165) is 6.42 Å². The topological polar surface area (TPSA) is 41.5 Å². The molecule has 0 spiro atoms. The first-order chi connectivity index (χ1) is 9.02. The summed E-state index contributed by atoms with van der Waals surface area (Å²) >= 11 is 1.94. The SMILES string of the molecule is CSC1CCCC1NCC(O)COC(C)CC(C)C. The van der Waals surface area contributed by atoms with Crippen LogP contribution in [0.3, 0.4) is 0 Å². The fourth-order valence-electron chi connectivity index (χ4n) is 2.80. The van der Waals surface area contributed by atoms with Crippen LogP contribution in [0, 0.1) is 5.92 Å². The third kappa shape index (κ3) is 6.98. The second-order valence-electron chi connectivity index (χ2n) is 6.15. The highest BCUT2D eigenvalue weighted by Crippen LogP contribution is 2.28. The van der Waals surface area contributed by atoms with E-state index in [0.29, 0.717) is 30.4 Å². The van der Waals surface area contributed by atoms with E-state index in [1.54, 1.807) is 0 Å². The number of hydrogen-bond acceptors (Lipinski definition) is 4. The van der Waals surface area contributed by atoms with Crippen LogP contribution in [0.5, 0.6) is 0 Å². The highest BCUT2D eigenvalue weighted by Gasteiger charge is 2.26. The summed E-state index contributed by atoms with van der Waals surface area (Å²) in [5, 5.41) is 14.2. The lowest BCUT2D eigenvalue weighted by Gasteiger charge is -2.22. The molecule has 1 aliphatic carbocycles. The highest BCUT2D eigenvalue weighted by atomic mass is 32.2. The maximum Gasteiger partial charge on any atom is 0.0897 e. The fraction of sp³-hybridized carbons (Fsp3) is 1.00. The van der Waals surface area contributed by atoms with Gasteiger partial charge >= 0.3 is 0 Å². The predicted molar refractivity (Wildman–Crippen MR) is 83.8 cm³/mol. The van der Waals surface area contributed by atoms with Gasteiger partial charge in [-0.3, -0.25) is 0 Å². The molecular weight excluding hydrogens is 258 g/mol. The maximum absolute atomic E-state index is 9.96. The van der Waals surface area contributed by atoms with Crippen molar-refractivity contribution in [3.63, 3.8) is 0 Å². The predicted octanol–water partition coefficient (Wildman–Crippen LogP) is 2.67. The van der Waals surface area contributed by atoms with Crippen LogP contribution >= 0.6 is 11.8 Å². The zero-order valence-corrected chi connectivity index (χ0v) is 13.7. The van der Waals surface area contributed by atoms with Gasteiger partial charge in [0.05, 0.1) is 18.8 Å². The summed E-state index contributed by atoms with van der Waals surface area (Å²) in [6, 6.07) is 0.567. The van der Waals surface area contributed by atoms with Crippen molar-refractivity contribution in [1.82, 2.24) is 5.32 Å². The van der Waals surface area contributed by atoms with Gasteiger partial charge in [-0.1, -0.05) is 20.3 Å². The van der Waals surface area contributed by atoms with E-state index in [1.165, 1.54) is 19.3 Å². The highest BCUT2D eigenvalue weighted by molar-refractivity contribution is 7.99. The Morgan fingerprint density at radius 2 is 2.05 bits per heavy atom. The van der Waals surface area contributed by atoms with Crippen molar-refractivity contribution in [2.24, 2.45) is 5.92 Å². The van der Waals surface area contributed by atoms with Crippen LogP contribution in [0.2, 0.25) is 0 Å². The number of rotatable bonds is 9. The Balaban J connectivity index is 2.12. The Labute approximate surface area is 122 Å². The summed E-state index contributed by atoms with van der Waals surface area (Å²) in [4.78, 5) is 0. The van der Waals surface area contributed by atoms with E-state index < -0.39 is 6.10 Å². The Hall–Kier alpha value is 0.230. The summed E-state index contributed by atoms with van der Waals surface area (Å²) in [5.41, 5.74) is 0. The molecule has 19 heavy (non-hydrogen) atoms. The molecule has 1 fully saturated rings. The van der Waals surface area contributed by atoms with Crippen molar-refractivity contribution in [2.45, 2.75) is 70.0 Å². The van der Waals surface area contributed by atoms with E-state index in [-0.39, 0.29) is 6.10 Å². The quantitative estimate of drug-likeness (QED) is 0.685. The van der Waals surface area contributed by atoms with E-state index in [1.807, 2.05) is 11.8 Å². The third-order valence-corrected chi connectivity index (χ3v) is 4.92. The van der Waals surface area contributed by atoms with Crippen LogP contribution < -0.4 is 5.32 Å². The number of nitrogens with one attached hydrogen (secondary N) is 1. The maximum atomic E-state index is 9.96. The number of aliphatic hydroxyl groups is 1. The summed E-state index contributed by atoms with van der Waals surface area (Å²) in [7, 11) is 0. The molecule has 114 valence electrons. The van der Waals surface area contributed by atoms with Crippen LogP contribution in [0.25, 0.3) is 0 Å². The molecule has 2 N–H and O–H groups in total. The van der Waals surface area contributed by atoms with Crippen molar-refractivity contribution in [1.29, 1.82) is 0 Å². The van der Waals surface area contributed by atoms with Crippen LogP contribution in [0.1, 0.15) is 46.5 Å². The normalized spacial score (nSPS) is 26.8. The van der Waals surface area contributed by atoms with Gasteiger partial charge in [-0.25, -0.2) is 0 Å². The molecule has 4 unspecified atom stereocenters. The lowest BCUT2D eigenvalue weighted by atomic mass is 10.1. The van der Waals surface area contributed by atoms with Gasteiger partial charge in [0.15, 0.2) is 0 Å². The summed E-state index contributed by atoms with van der Waals surface area (Å²) < 4.78 is 5.69. The largest absolute Gasteiger partial charge is 0.389 e. The molecular formula is C15H31NO2S. The van der Waals surface area contributed by atoms with Gasteiger partial charge in [0.2, 0.25) is 0 Å². The Kier molecular flexibility index (Phi) is 8.38. The average molecular weight is 289 g/mol. The molecule has 0 aromatic rings. The van der Waals surface area contributed by atoms with Crippen molar-refractivity contribution in [2.75, 3.05) is 19.4 Å². The van der Waals surface area contributed by atoms with Crippen LogP contribution in [0.15, 0.2) is 0 Å². The molecule has 4 heteroatoms. The zero-order valence-electron chi connectivity index (χ0n) is 12.9. The van der Waals surface area contributed by atoms with E-state index in [2.05, 4.69) is 32.3 Å². The summed E-state index contributed by atoms with van der Waals surface area (Å²) in [5.74, 6) is 0.645. The first kappa shape index (κ1) is 17.3. The lowest BCUT2D eigenvalue weighted by molar-refractivity contribution is -0.00916. The molecule has 0 heterocycles. The van der Waals surface area contributed by atoms with Gasteiger partial charge in [-0.05, 0) is 38.4 Å². The van der Waals surface area contributed by atoms with Gasteiger partial charge in [-0.2, -0.15) is 11.8 Å². The molecule has 3 nitrogen and oxygen atoms in total. The molecule has 1 rings (SSSR count). The lowest BCUT2D eigenvalue weighted by Crippen LogP contribution is -2.40. The van der Waals surface area contributed by atoms with Gasteiger partial charge in [0, 0.05) is 17.8 Å². The van der Waals surface area contributed by atoms with Crippen molar-refractivity contribution >= 4 is 11.8 Å². The first-order valence-electron chi connectivity index (χ1n) is 7.58. The van der Waals surface area contributed by atoms with Gasteiger partial charge < -0.3 is 15.2 Å². The molecule has 0 radical (unpaired) electrons. The smallest absolute Gasteiger partial charge is 0.0897 e. The van der Waals surface area contributed by atoms with Gasteiger partial charge in [0.1, 0.15) is 0 Å². The molecule has 0 aromatic carbocycles. The second kappa shape index (κ2) is 9.22. The van der Waals surface area contributed by atoms with Crippen LogP contribution in [-0.4, -0.2) is 48.0 Å². The first-order valence-corrected chi connectivity index (χ1v) is 8.87. The molecule has 0 bridgehead atoms. The standard InChI is InChI=1S/C15H31NO2S/c1-11(2)8-12(3)18-10-13(17)9-16-14-6-5-7-15(14)19-4/h11-17H,5-10H2,1-4H3. The van der Waals surface area contributed by atoms with E-state index >= 15 is 0 Å². The van der Waals surface area contributed by atoms with Crippen molar-refractivity contribution in [3.8, 4) is 0 Å². The Morgan fingerprint density at radius 1 is 1.32 bits per heavy atom. The van der Waals surface area contributed by atoms with Gasteiger partial charge in [-0.15, -0.1) is 0 Å². The Bertz CT molecular complexity index is 238. The van der Waals surface area contributed by atoms with E-state index in [9.17, 15) is 5.11 Å². The monoisotopic (exact) mass is 289 g/mol. The summed E-state index contributed by atoms with van der Waals surface area (Å²) in [6.45, 7) is 7.57. The number of hydrogen-bond donors (Lipinski definition) is 2. The molecule has 0 aliphatic heterocycles. The van der Waals surface area contributed by atoms with Crippen LogP contribution in [-0.2, 0) is 4.74 Å². The van der Waals surface area contributed by atoms with Crippen molar-refractivity contribution < 1.29 is 9.84 Å². The Morgan fingerprint density at radius 3 is 2.68 bits per heavy atom. The molecule has 0 saturated heterocycles. The third-order valence-electron chi connectivity index (χ3n) is 3.75. The molecule has 1 aliphatic rings. The minimum Gasteiger partial charge on any atom is -0.389 e. The van der Waals surface area contributed by atoms with Gasteiger partial charge in [0.25, 0.3) is 0 Å². The minimum atomic E-state index is -0.391. The fourth-order valence-corrected chi connectivity index (χ4v) is 3.76. The molecule has 0 amide bonds. The zero-order chi connectivity index (χ0) is 14.3.